The molecule has 1 aliphatic carbocycles. The molecular weight excluding hydrogens is 277 g/mol. The molecule has 4 heteroatoms. The molecule has 0 aromatic heterocycles. The van der Waals surface area contributed by atoms with Gasteiger partial charge in [0.05, 0.1) is 0 Å². The van der Waals surface area contributed by atoms with Crippen molar-refractivity contribution >= 4 is 5.96 Å². The maximum atomic E-state index is 13.4. The van der Waals surface area contributed by atoms with Crippen LogP contribution in [0.2, 0.25) is 0 Å². The zero-order valence-electron chi connectivity index (χ0n) is 13.6. The van der Waals surface area contributed by atoms with Crippen LogP contribution in [-0.4, -0.2) is 38.0 Å². The highest BCUT2D eigenvalue weighted by Gasteiger charge is 2.44. The molecule has 0 saturated heterocycles. The molecule has 0 amide bonds. The minimum Gasteiger partial charge on any atom is -0.355 e. The molecule has 0 bridgehead atoms. The fourth-order valence-electron chi connectivity index (χ4n) is 2.75. The van der Waals surface area contributed by atoms with Gasteiger partial charge in [-0.2, -0.15) is 0 Å². The SMILES string of the molecule is C=CCCCN(C)C(=NC)NCC1(c2cccc(F)c2)CC1. The molecule has 3 nitrogen and oxygen atoms in total. The van der Waals surface area contributed by atoms with E-state index in [4.69, 9.17) is 0 Å². The molecule has 1 aromatic rings. The van der Waals surface area contributed by atoms with Gasteiger partial charge in [-0.05, 0) is 43.4 Å². The van der Waals surface area contributed by atoms with Gasteiger partial charge in [-0.3, -0.25) is 4.99 Å². The molecular formula is C18H26FN3. The second kappa shape index (κ2) is 7.43. The van der Waals surface area contributed by atoms with Crippen LogP contribution < -0.4 is 5.32 Å². The second-order valence-electron chi connectivity index (χ2n) is 6.04. The largest absolute Gasteiger partial charge is 0.355 e. The number of halogens is 1. The van der Waals surface area contributed by atoms with Gasteiger partial charge in [0.25, 0.3) is 0 Å². The van der Waals surface area contributed by atoms with Crippen LogP contribution in [0.4, 0.5) is 4.39 Å². The number of aliphatic imine (C=N–C) groups is 1. The Morgan fingerprint density at radius 3 is 2.86 bits per heavy atom. The Hall–Kier alpha value is -1.84. The van der Waals surface area contributed by atoms with Gasteiger partial charge in [-0.25, -0.2) is 4.39 Å². The van der Waals surface area contributed by atoms with Gasteiger partial charge in [0.2, 0.25) is 0 Å². The number of nitrogens with zero attached hydrogens (tertiary/aromatic N) is 2. The maximum absolute atomic E-state index is 13.4. The highest BCUT2D eigenvalue weighted by molar-refractivity contribution is 5.79. The lowest BCUT2D eigenvalue weighted by atomic mass is 9.96. The number of nitrogens with one attached hydrogen (secondary N) is 1. The van der Waals surface area contributed by atoms with Gasteiger partial charge in [-0.1, -0.05) is 18.2 Å². The first-order valence-electron chi connectivity index (χ1n) is 7.90. The van der Waals surface area contributed by atoms with Crippen LogP contribution in [0.15, 0.2) is 41.9 Å². The molecule has 0 radical (unpaired) electrons. The average Bonchev–Trinajstić information content (AvgIpc) is 3.29. The van der Waals surface area contributed by atoms with Crippen molar-refractivity contribution in [1.29, 1.82) is 0 Å². The molecule has 1 N–H and O–H groups in total. The Balaban J connectivity index is 1.92. The highest BCUT2D eigenvalue weighted by Crippen LogP contribution is 2.47. The van der Waals surface area contributed by atoms with Crippen LogP contribution in [-0.2, 0) is 5.41 Å². The predicted octanol–water partition coefficient (Wildman–Crippen LogP) is 3.33. The zero-order chi connectivity index (χ0) is 16.0. The van der Waals surface area contributed by atoms with E-state index in [1.807, 2.05) is 19.2 Å². The highest BCUT2D eigenvalue weighted by atomic mass is 19.1. The number of rotatable bonds is 7. The van der Waals surface area contributed by atoms with E-state index in [-0.39, 0.29) is 11.2 Å². The summed E-state index contributed by atoms with van der Waals surface area (Å²) in [5.74, 6) is 0.737. The molecule has 0 unspecified atom stereocenters. The number of unbranched alkanes of at least 4 members (excludes halogenated alkanes) is 1. The topological polar surface area (TPSA) is 27.6 Å². The molecule has 1 saturated carbocycles. The Morgan fingerprint density at radius 2 is 2.27 bits per heavy atom. The van der Waals surface area contributed by atoms with E-state index in [1.54, 1.807) is 19.2 Å². The van der Waals surface area contributed by atoms with Gasteiger partial charge in [0.1, 0.15) is 5.82 Å². The van der Waals surface area contributed by atoms with E-state index in [9.17, 15) is 4.39 Å². The fourth-order valence-corrected chi connectivity index (χ4v) is 2.75. The first kappa shape index (κ1) is 16.5. The predicted molar refractivity (Wildman–Crippen MR) is 90.7 cm³/mol. The van der Waals surface area contributed by atoms with Crippen molar-refractivity contribution in [1.82, 2.24) is 10.2 Å². The third-order valence-corrected chi connectivity index (χ3v) is 4.35. The third kappa shape index (κ3) is 4.09. The molecule has 0 atom stereocenters. The zero-order valence-corrected chi connectivity index (χ0v) is 13.6. The fraction of sp³-hybridized carbons (Fsp3) is 0.500. The molecule has 1 fully saturated rings. The van der Waals surface area contributed by atoms with Crippen molar-refractivity contribution in [3.8, 4) is 0 Å². The van der Waals surface area contributed by atoms with E-state index >= 15 is 0 Å². The minimum absolute atomic E-state index is 0.0694. The standard InChI is InChI=1S/C18H26FN3/c1-4-5-6-12-22(3)17(20-2)21-14-18(10-11-18)15-8-7-9-16(19)13-15/h4,7-9,13H,1,5-6,10-12,14H2,2-3H3,(H,20,21). The van der Waals surface area contributed by atoms with Crippen molar-refractivity contribution in [2.24, 2.45) is 4.99 Å². The van der Waals surface area contributed by atoms with Crippen molar-refractivity contribution in [3.63, 3.8) is 0 Å². The van der Waals surface area contributed by atoms with Crippen molar-refractivity contribution in [2.45, 2.75) is 31.1 Å². The number of allylic oxidation sites excluding steroid dienone is 1. The van der Waals surface area contributed by atoms with E-state index in [2.05, 4.69) is 21.8 Å². The van der Waals surface area contributed by atoms with Crippen molar-refractivity contribution < 1.29 is 4.39 Å². The molecule has 0 aliphatic heterocycles. The Morgan fingerprint density at radius 1 is 1.50 bits per heavy atom. The maximum Gasteiger partial charge on any atom is 0.193 e. The van der Waals surface area contributed by atoms with Crippen LogP contribution in [0.25, 0.3) is 0 Å². The average molecular weight is 303 g/mol. The van der Waals surface area contributed by atoms with Crippen LogP contribution >= 0.6 is 0 Å². The molecule has 1 aromatic carbocycles. The number of hydrogen-bond donors (Lipinski definition) is 1. The normalized spacial score (nSPS) is 16.2. The Bertz CT molecular complexity index is 535. The molecule has 0 spiro atoms. The summed E-state index contributed by atoms with van der Waals surface area (Å²) in [5.41, 5.74) is 1.16. The summed E-state index contributed by atoms with van der Waals surface area (Å²) in [6, 6.07) is 6.97. The third-order valence-electron chi connectivity index (χ3n) is 4.35. The quantitative estimate of drug-likeness (QED) is 0.362. The van der Waals surface area contributed by atoms with Crippen LogP contribution in [0.5, 0.6) is 0 Å². The number of benzene rings is 1. The van der Waals surface area contributed by atoms with Gasteiger partial charge < -0.3 is 10.2 Å². The summed E-state index contributed by atoms with van der Waals surface area (Å²) >= 11 is 0. The lowest BCUT2D eigenvalue weighted by Gasteiger charge is -2.24. The first-order chi connectivity index (χ1) is 10.6. The summed E-state index contributed by atoms with van der Waals surface area (Å²) in [5, 5.41) is 3.44. The Kier molecular flexibility index (Phi) is 5.58. The number of guanidine groups is 1. The van der Waals surface area contributed by atoms with E-state index in [0.717, 1.165) is 50.3 Å². The molecule has 0 heterocycles. The first-order valence-corrected chi connectivity index (χ1v) is 7.90. The van der Waals surface area contributed by atoms with Gasteiger partial charge in [0.15, 0.2) is 5.96 Å². The molecule has 1 aliphatic rings. The van der Waals surface area contributed by atoms with Gasteiger partial charge in [-0.15, -0.1) is 6.58 Å². The van der Waals surface area contributed by atoms with E-state index in [1.165, 1.54) is 6.07 Å². The molecule has 120 valence electrons. The van der Waals surface area contributed by atoms with E-state index < -0.39 is 0 Å². The monoisotopic (exact) mass is 303 g/mol. The van der Waals surface area contributed by atoms with Crippen LogP contribution in [0.1, 0.15) is 31.2 Å². The van der Waals surface area contributed by atoms with Gasteiger partial charge >= 0.3 is 0 Å². The Labute approximate surface area is 132 Å². The molecule has 2 rings (SSSR count). The smallest absolute Gasteiger partial charge is 0.193 e. The van der Waals surface area contributed by atoms with Crippen LogP contribution in [0, 0.1) is 5.82 Å². The van der Waals surface area contributed by atoms with E-state index in [0.29, 0.717) is 0 Å². The second-order valence-corrected chi connectivity index (χ2v) is 6.04. The summed E-state index contributed by atoms with van der Waals surface area (Å²) < 4.78 is 13.4. The summed E-state index contributed by atoms with van der Waals surface area (Å²) in [6.07, 6.45) is 6.21. The molecule has 22 heavy (non-hydrogen) atoms. The van der Waals surface area contributed by atoms with Gasteiger partial charge in [0, 0.05) is 32.6 Å². The lowest BCUT2D eigenvalue weighted by Crippen LogP contribution is -2.42. The summed E-state index contributed by atoms with van der Waals surface area (Å²) in [4.78, 5) is 6.47. The lowest BCUT2D eigenvalue weighted by molar-refractivity contribution is 0.464. The van der Waals surface area contributed by atoms with Crippen LogP contribution in [0.3, 0.4) is 0 Å². The van der Waals surface area contributed by atoms with Crippen molar-refractivity contribution in [2.75, 3.05) is 27.2 Å². The minimum atomic E-state index is -0.158. The van der Waals surface area contributed by atoms with Crippen molar-refractivity contribution in [3.05, 3.63) is 48.3 Å². The number of hydrogen-bond acceptors (Lipinski definition) is 1. The summed E-state index contributed by atoms with van der Waals surface area (Å²) in [7, 11) is 3.84. The summed E-state index contributed by atoms with van der Waals surface area (Å²) in [6.45, 7) is 5.49.